The van der Waals surface area contributed by atoms with Crippen LogP contribution in [-0.4, -0.2) is 36.2 Å². The van der Waals surface area contributed by atoms with Gasteiger partial charge in [-0.1, -0.05) is 58.9 Å². The summed E-state index contributed by atoms with van der Waals surface area (Å²) in [6, 6.07) is 16.6. The van der Waals surface area contributed by atoms with Gasteiger partial charge in [-0.3, -0.25) is 4.79 Å². The molecular weight excluding hydrogens is 510 g/mol. The summed E-state index contributed by atoms with van der Waals surface area (Å²) in [7, 11) is 0. The van der Waals surface area contributed by atoms with Gasteiger partial charge >= 0.3 is 5.97 Å². The molecule has 0 aliphatic carbocycles. The first-order valence-electron chi connectivity index (χ1n) is 13.4. The normalized spacial score (nSPS) is 13.2. The lowest BCUT2D eigenvalue weighted by Crippen LogP contribution is -2.37. The summed E-state index contributed by atoms with van der Waals surface area (Å²) in [5.41, 5.74) is 6.10. The van der Waals surface area contributed by atoms with E-state index in [1.54, 1.807) is 13.0 Å². The second-order valence-corrected chi connectivity index (χ2v) is 12.3. The first kappa shape index (κ1) is 30.4. The molecule has 3 rings (SSSR count). The molecule has 1 aromatic heterocycles. The molecule has 0 aliphatic heterocycles. The Morgan fingerprint density at radius 1 is 1.00 bits per heavy atom. The number of rotatable bonds is 10. The average molecular weight is 552 g/mol. The van der Waals surface area contributed by atoms with Crippen molar-refractivity contribution >= 4 is 23.2 Å². The van der Waals surface area contributed by atoms with E-state index < -0.39 is 12.1 Å². The Morgan fingerprint density at radius 3 is 2.15 bits per heavy atom. The van der Waals surface area contributed by atoms with Gasteiger partial charge < -0.3 is 19.9 Å². The number of ether oxygens (including phenoxy) is 2. The smallest absolute Gasteiger partial charge is 0.336 e. The Labute approximate surface area is 236 Å². The average Bonchev–Trinajstić information content (AvgIpc) is 3.35. The highest BCUT2D eigenvalue weighted by molar-refractivity contribution is 7.14. The van der Waals surface area contributed by atoms with Gasteiger partial charge in [0.15, 0.2) is 6.10 Å². The third kappa shape index (κ3) is 7.70. The summed E-state index contributed by atoms with van der Waals surface area (Å²) in [5, 5.41) is 12.4. The Hall–Kier alpha value is -3.16. The molecule has 0 saturated heterocycles. The number of aryl methyl sites for hydroxylation is 2. The van der Waals surface area contributed by atoms with E-state index in [-0.39, 0.29) is 36.5 Å². The molecule has 6 nitrogen and oxygen atoms in total. The van der Waals surface area contributed by atoms with Crippen LogP contribution in [0.5, 0.6) is 5.75 Å². The van der Waals surface area contributed by atoms with E-state index in [0.29, 0.717) is 4.88 Å². The summed E-state index contributed by atoms with van der Waals surface area (Å²) < 4.78 is 11.3. The lowest BCUT2D eigenvalue weighted by molar-refractivity contribution is -0.152. The minimum atomic E-state index is -1.40. The summed E-state index contributed by atoms with van der Waals surface area (Å²) >= 11 is 1.34. The summed E-state index contributed by atoms with van der Waals surface area (Å²) in [6.07, 6.45) is -1.64. The molecule has 0 spiro atoms. The van der Waals surface area contributed by atoms with Crippen molar-refractivity contribution in [3.63, 3.8) is 0 Å². The Balaban J connectivity index is 1.75. The minimum absolute atomic E-state index is 0.110. The molecule has 2 unspecified atom stereocenters. The number of carbonyl (C=O) groups excluding carboxylic acids is 2. The number of hydrogen-bond acceptors (Lipinski definition) is 6. The standard InChI is InChI=1S/C32H41NO5S/c1-9-37-31(36)25(34)18-33-30(35)27-15-14-26(39-27)29(19(2)3)38-24-16-20(4)28(21(5)17-24)22-10-12-23(13-11-22)32(6,7)8/h10-17,19,25,29,34H,9,18H2,1-8H3,(H,33,35). The second kappa shape index (κ2) is 12.8. The van der Waals surface area contributed by atoms with Crippen LogP contribution in [0.1, 0.15) is 78.9 Å². The van der Waals surface area contributed by atoms with Gasteiger partial charge in [0.2, 0.25) is 0 Å². The molecule has 7 heteroatoms. The maximum Gasteiger partial charge on any atom is 0.336 e. The Kier molecular flexibility index (Phi) is 9.97. The van der Waals surface area contributed by atoms with E-state index in [2.05, 4.69) is 90.2 Å². The van der Waals surface area contributed by atoms with Gasteiger partial charge in [0.1, 0.15) is 11.9 Å². The number of aliphatic hydroxyl groups excluding tert-OH is 1. The highest BCUT2D eigenvalue weighted by Crippen LogP contribution is 2.37. The second-order valence-electron chi connectivity index (χ2n) is 11.2. The largest absolute Gasteiger partial charge is 0.485 e. The van der Waals surface area contributed by atoms with Crippen LogP contribution in [0.15, 0.2) is 48.5 Å². The predicted octanol–water partition coefficient (Wildman–Crippen LogP) is 6.76. The molecule has 210 valence electrons. The zero-order chi connectivity index (χ0) is 28.9. The zero-order valence-electron chi connectivity index (χ0n) is 24.3. The summed E-state index contributed by atoms with van der Waals surface area (Å²) in [4.78, 5) is 25.6. The third-order valence-electron chi connectivity index (χ3n) is 6.56. The number of amides is 1. The van der Waals surface area contributed by atoms with Crippen LogP contribution in [-0.2, 0) is 14.9 Å². The first-order valence-corrected chi connectivity index (χ1v) is 14.2. The van der Waals surface area contributed by atoms with E-state index in [1.165, 1.54) is 28.0 Å². The highest BCUT2D eigenvalue weighted by atomic mass is 32.1. The lowest BCUT2D eigenvalue weighted by atomic mass is 9.85. The highest BCUT2D eigenvalue weighted by Gasteiger charge is 2.24. The van der Waals surface area contributed by atoms with E-state index in [9.17, 15) is 14.7 Å². The molecule has 0 bridgehead atoms. The van der Waals surface area contributed by atoms with Crippen LogP contribution in [0.25, 0.3) is 11.1 Å². The summed E-state index contributed by atoms with van der Waals surface area (Å²) in [6.45, 7) is 16.7. The maximum atomic E-state index is 12.6. The van der Waals surface area contributed by atoms with Crippen molar-refractivity contribution in [2.24, 2.45) is 5.92 Å². The van der Waals surface area contributed by atoms with Crippen LogP contribution >= 0.6 is 11.3 Å². The van der Waals surface area contributed by atoms with Gasteiger partial charge in [-0.15, -0.1) is 11.3 Å². The number of nitrogens with one attached hydrogen (secondary N) is 1. The molecule has 0 fully saturated rings. The molecule has 1 amide bonds. The molecule has 0 radical (unpaired) electrons. The fraction of sp³-hybridized carbons (Fsp3) is 0.438. The zero-order valence-corrected chi connectivity index (χ0v) is 25.1. The lowest BCUT2D eigenvalue weighted by Gasteiger charge is -2.23. The van der Waals surface area contributed by atoms with Gasteiger partial charge in [0, 0.05) is 4.88 Å². The van der Waals surface area contributed by atoms with Crippen molar-refractivity contribution in [2.75, 3.05) is 13.2 Å². The number of thiophene rings is 1. The van der Waals surface area contributed by atoms with Crippen molar-refractivity contribution in [2.45, 2.75) is 73.0 Å². The predicted molar refractivity (Wildman–Crippen MR) is 158 cm³/mol. The number of aliphatic hydroxyl groups is 1. The molecule has 3 aromatic rings. The van der Waals surface area contributed by atoms with Gasteiger partial charge in [0.25, 0.3) is 5.91 Å². The van der Waals surface area contributed by atoms with E-state index in [0.717, 1.165) is 21.8 Å². The van der Waals surface area contributed by atoms with E-state index >= 15 is 0 Å². The molecular formula is C32H41NO5S. The van der Waals surface area contributed by atoms with Crippen molar-refractivity contribution in [1.82, 2.24) is 5.32 Å². The monoisotopic (exact) mass is 551 g/mol. The van der Waals surface area contributed by atoms with Gasteiger partial charge in [-0.25, -0.2) is 4.79 Å². The molecule has 0 aliphatic rings. The Bertz CT molecular complexity index is 1260. The number of hydrogen-bond donors (Lipinski definition) is 2. The molecule has 1 heterocycles. The fourth-order valence-corrected chi connectivity index (χ4v) is 5.61. The molecule has 2 N–H and O–H groups in total. The third-order valence-corrected chi connectivity index (χ3v) is 7.71. The summed E-state index contributed by atoms with van der Waals surface area (Å²) in [5.74, 6) is -0.159. The van der Waals surface area contributed by atoms with Crippen molar-refractivity contribution in [1.29, 1.82) is 0 Å². The van der Waals surface area contributed by atoms with Crippen LogP contribution in [0.4, 0.5) is 0 Å². The SMILES string of the molecule is CCOC(=O)C(O)CNC(=O)c1ccc(C(Oc2cc(C)c(-c3ccc(C(C)(C)C)cc3)c(C)c2)C(C)C)s1. The minimum Gasteiger partial charge on any atom is -0.485 e. The van der Waals surface area contributed by atoms with Crippen molar-refractivity contribution in [3.8, 4) is 16.9 Å². The topological polar surface area (TPSA) is 84.9 Å². The number of carbonyl (C=O) groups is 2. The van der Waals surface area contributed by atoms with Crippen molar-refractivity contribution in [3.05, 3.63) is 75.0 Å². The number of benzene rings is 2. The van der Waals surface area contributed by atoms with E-state index in [4.69, 9.17) is 9.47 Å². The molecule has 0 saturated carbocycles. The van der Waals surface area contributed by atoms with Crippen LogP contribution in [0.2, 0.25) is 0 Å². The Morgan fingerprint density at radius 2 is 1.62 bits per heavy atom. The fourth-order valence-electron chi connectivity index (χ4n) is 4.48. The number of esters is 1. The molecule has 39 heavy (non-hydrogen) atoms. The van der Waals surface area contributed by atoms with Crippen LogP contribution in [0.3, 0.4) is 0 Å². The van der Waals surface area contributed by atoms with Crippen LogP contribution in [0, 0.1) is 19.8 Å². The van der Waals surface area contributed by atoms with Gasteiger partial charge in [-0.2, -0.15) is 0 Å². The molecule has 2 atom stereocenters. The molecule has 2 aromatic carbocycles. The maximum absolute atomic E-state index is 12.6. The van der Waals surface area contributed by atoms with Crippen LogP contribution < -0.4 is 10.1 Å². The van der Waals surface area contributed by atoms with E-state index in [1.807, 2.05) is 6.07 Å². The van der Waals surface area contributed by atoms with Gasteiger partial charge in [-0.05, 0) is 84.2 Å². The first-order chi connectivity index (χ1) is 18.3. The van der Waals surface area contributed by atoms with Crippen molar-refractivity contribution < 1.29 is 24.2 Å². The van der Waals surface area contributed by atoms with Gasteiger partial charge in [0.05, 0.1) is 18.0 Å². The quantitative estimate of drug-likeness (QED) is 0.272.